The molecule has 7 nitrogen and oxygen atoms in total. The van der Waals surface area contributed by atoms with Crippen molar-refractivity contribution in [1.29, 1.82) is 0 Å². The molecule has 0 unspecified atom stereocenters. The Bertz CT molecular complexity index is 1670. The highest BCUT2D eigenvalue weighted by Crippen LogP contribution is 2.40. The monoisotopic (exact) mass is 530 g/mol. The van der Waals surface area contributed by atoms with Gasteiger partial charge in [0.25, 0.3) is 0 Å². The first-order valence-corrected chi connectivity index (χ1v) is 11.5. The van der Waals surface area contributed by atoms with E-state index in [0.717, 1.165) is 18.2 Å². The van der Waals surface area contributed by atoms with Crippen LogP contribution in [0.25, 0.3) is 16.6 Å². The molecule has 4 aromatic rings. The zero-order valence-corrected chi connectivity index (χ0v) is 20.1. The molecule has 196 valence electrons. The minimum atomic E-state index is -4.77. The first-order chi connectivity index (χ1) is 18.0. The van der Waals surface area contributed by atoms with E-state index in [2.05, 4.69) is 9.97 Å². The fraction of sp³-hybridized carbons (Fsp3) is 0.231. The van der Waals surface area contributed by atoms with Crippen LogP contribution in [0.5, 0.6) is 11.6 Å². The zero-order valence-electron chi connectivity index (χ0n) is 20.1. The number of pyridine rings is 3. The van der Waals surface area contributed by atoms with Crippen LogP contribution in [0.15, 0.2) is 47.7 Å². The van der Waals surface area contributed by atoms with Gasteiger partial charge < -0.3 is 9.30 Å². The first kappa shape index (κ1) is 25.3. The van der Waals surface area contributed by atoms with E-state index in [1.807, 2.05) is 0 Å². The lowest BCUT2D eigenvalue weighted by Gasteiger charge is -2.22. The Hall–Kier alpha value is -4.35. The number of benzene rings is 1. The number of hydrogen-bond donors (Lipinski definition) is 0. The van der Waals surface area contributed by atoms with Crippen LogP contribution >= 0.6 is 0 Å². The van der Waals surface area contributed by atoms with Crippen molar-refractivity contribution in [3.63, 3.8) is 0 Å². The van der Waals surface area contributed by atoms with Gasteiger partial charge in [0.05, 0.1) is 16.5 Å². The molecule has 0 spiro atoms. The summed E-state index contributed by atoms with van der Waals surface area (Å²) in [6.45, 7) is 2.80. The number of halogens is 5. The predicted octanol–water partition coefficient (Wildman–Crippen LogP) is 5.61. The molecule has 3 aromatic heterocycles. The second kappa shape index (κ2) is 9.19. The van der Waals surface area contributed by atoms with Gasteiger partial charge in [0.1, 0.15) is 17.3 Å². The summed E-state index contributed by atoms with van der Waals surface area (Å²) in [5.74, 6) is -2.92. The van der Waals surface area contributed by atoms with Crippen LogP contribution in [0, 0.1) is 25.5 Å². The van der Waals surface area contributed by atoms with Crippen molar-refractivity contribution in [2.45, 2.75) is 32.9 Å². The van der Waals surface area contributed by atoms with Crippen LogP contribution in [-0.4, -0.2) is 27.0 Å². The highest BCUT2D eigenvalue weighted by Gasteiger charge is 2.36. The summed E-state index contributed by atoms with van der Waals surface area (Å²) in [6.07, 6.45) is -0.734. The van der Waals surface area contributed by atoms with Gasteiger partial charge in [-0.05, 0) is 44.0 Å². The first-order valence-electron chi connectivity index (χ1n) is 11.5. The zero-order chi connectivity index (χ0) is 27.4. The van der Waals surface area contributed by atoms with Crippen LogP contribution < -0.4 is 15.1 Å². The summed E-state index contributed by atoms with van der Waals surface area (Å²) >= 11 is 0. The van der Waals surface area contributed by atoms with E-state index in [9.17, 15) is 31.5 Å². The topological polar surface area (TPSA) is 77.3 Å². The van der Waals surface area contributed by atoms with Gasteiger partial charge in [0.2, 0.25) is 11.8 Å². The van der Waals surface area contributed by atoms with Crippen LogP contribution in [0.4, 0.5) is 27.8 Å². The molecule has 1 amide bonds. The van der Waals surface area contributed by atoms with Gasteiger partial charge in [0, 0.05) is 43.2 Å². The lowest BCUT2D eigenvalue weighted by molar-refractivity contribution is -0.138. The van der Waals surface area contributed by atoms with Crippen LogP contribution in [0.2, 0.25) is 0 Å². The normalized spacial score (nSPS) is 14.0. The smallest absolute Gasteiger partial charge is 0.418 e. The van der Waals surface area contributed by atoms with E-state index in [1.54, 1.807) is 0 Å². The van der Waals surface area contributed by atoms with Gasteiger partial charge >= 0.3 is 6.18 Å². The lowest BCUT2D eigenvalue weighted by atomic mass is 10.1. The molecular weight excluding hydrogens is 511 g/mol. The average molecular weight is 530 g/mol. The van der Waals surface area contributed by atoms with Gasteiger partial charge in [-0.1, -0.05) is 0 Å². The Labute approximate surface area is 212 Å². The van der Waals surface area contributed by atoms with E-state index in [4.69, 9.17) is 4.74 Å². The number of aromatic nitrogens is 3. The Morgan fingerprint density at radius 3 is 2.45 bits per heavy atom. The maximum absolute atomic E-state index is 14.2. The fourth-order valence-electron chi connectivity index (χ4n) is 4.52. The van der Waals surface area contributed by atoms with Gasteiger partial charge in [-0.25, -0.2) is 18.7 Å². The van der Waals surface area contributed by atoms with E-state index in [-0.39, 0.29) is 57.5 Å². The summed E-state index contributed by atoms with van der Waals surface area (Å²) < 4.78 is 76.5. The largest absolute Gasteiger partial charge is 0.437 e. The maximum atomic E-state index is 14.2. The number of rotatable bonds is 4. The number of hydrogen-bond acceptors (Lipinski definition) is 5. The van der Waals surface area contributed by atoms with Crippen molar-refractivity contribution < 1.29 is 31.5 Å². The standard InChI is InChI=1S/C26H19F5N4O3/c1-13-15(26(29,30)31)12-33-25(38-19-6-5-16(27)22(28)14(19)2)23(13)34-11-8-18(36)21-17(34)7-9-32-24(21)35-10-3-4-20(35)37/h5-9,11-12H,3-4,10H2,1-2H3. The molecule has 1 aliphatic rings. The number of fused-ring (bicyclic) bond motifs is 1. The Balaban J connectivity index is 1.79. The Kier molecular flexibility index (Phi) is 6.12. The fourth-order valence-corrected chi connectivity index (χ4v) is 4.52. The van der Waals surface area contributed by atoms with E-state index >= 15 is 0 Å². The summed E-state index contributed by atoms with van der Waals surface area (Å²) in [4.78, 5) is 34.8. The number of anilines is 1. The number of amides is 1. The molecule has 12 heteroatoms. The molecule has 5 rings (SSSR count). The van der Waals surface area contributed by atoms with Gasteiger partial charge in [0.15, 0.2) is 17.1 Å². The number of ether oxygens (including phenoxy) is 1. The SMILES string of the molecule is Cc1c(Oc2ncc(C(F)(F)F)c(C)c2-n2ccc(=O)c3c(N4CCCC4=O)nccc32)ccc(F)c1F. The van der Waals surface area contributed by atoms with Gasteiger partial charge in [-0.15, -0.1) is 0 Å². The summed E-state index contributed by atoms with van der Waals surface area (Å²) in [6, 6.07) is 4.53. The molecule has 1 aliphatic heterocycles. The molecule has 0 atom stereocenters. The molecule has 4 heterocycles. The quantitative estimate of drug-likeness (QED) is 0.321. The van der Waals surface area contributed by atoms with Crippen LogP contribution in [0.1, 0.15) is 29.5 Å². The van der Waals surface area contributed by atoms with Crippen molar-refractivity contribution in [2.24, 2.45) is 0 Å². The molecular formula is C26H19F5N4O3. The third kappa shape index (κ3) is 4.15. The molecule has 1 saturated heterocycles. The number of carbonyl (C=O) groups is 1. The minimum Gasteiger partial charge on any atom is -0.437 e. The maximum Gasteiger partial charge on any atom is 0.418 e. The van der Waals surface area contributed by atoms with E-state index < -0.39 is 28.8 Å². The second-order valence-corrected chi connectivity index (χ2v) is 8.76. The summed E-state index contributed by atoms with van der Waals surface area (Å²) in [5.41, 5.74) is -2.08. The predicted molar refractivity (Wildman–Crippen MR) is 128 cm³/mol. The van der Waals surface area contributed by atoms with Crippen molar-refractivity contribution in [2.75, 3.05) is 11.4 Å². The number of carbonyl (C=O) groups excluding carboxylic acids is 1. The van der Waals surface area contributed by atoms with E-state index in [1.165, 1.54) is 41.8 Å². The van der Waals surface area contributed by atoms with Crippen LogP contribution in [0.3, 0.4) is 0 Å². The Morgan fingerprint density at radius 2 is 1.76 bits per heavy atom. The van der Waals surface area contributed by atoms with Crippen molar-refractivity contribution in [3.05, 3.63) is 81.4 Å². The molecule has 0 bridgehead atoms. The van der Waals surface area contributed by atoms with Gasteiger partial charge in [-0.2, -0.15) is 13.2 Å². The van der Waals surface area contributed by atoms with Crippen LogP contribution in [-0.2, 0) is 11.0 Å². The van der Waals surface area contributed by atoms with Crippen molar-refractivity contribution in [3.8, 4) is 17.3 Å². The van der Waals surface area contributed by atoms with Crippen molar-refractivity contribution >= 4 is 22.6 Å². The minimum absolute atomic E-state index is 0.0250. The molecule has 0 radical (unpaired) electrons. The summed E-state index contributed by atoms with van der Waals surface area (Å²) in [5, 5.41) is 0.0250. The molecule has 0 aliphatic carbocycles. The summed E-state index contributed by atoms with van der Waals surface area (Å²) in [7, 11) is 0. The van der Waals surface area contributed by atoms with Gasteiger partial charge in [-0.3, -0.25) is 14.5 Å². The highest BCUT2D eigenvalue weighted by molar-refractivity contribution is 6.02. The molecule has 38 heavy (non-hydrogen) atoms. The lowest BCUT2D eigenvalue weighted by Crippen LogP contribution is -2.26. The second-order valence-electron chi connectivity index (χ2n) is 8.76. The highest BCUT2D eigenvalue weighted by atomic mass is 19.4. The number of alkyl halides is 3. The van der Waals surface area contributed by atoms with E-state index in [0.29, 0.717) is 19.2 Å². The Morgan fingerprint density at radius 1 is 1.00 bits per heavy atom. The number of nitrogens with zero attached hydrogens (tertiary/aromatic N) is 4. The molecule has 1 fully saturated rings. The third-order valence-corrected chi connectivity index (χ3v) is 6.43. The van der Waals surface area contributed by atoms with Crippen molar-refractivity contribution in [1.82, 2.24) is 14.5 Å². The third-order valence-electron chi connectivity index (χ3n) is 6.43. The average Bonchev–Trinajstić information content (AvgIpc) is 3.30. The molecule has 1 aromatic carbocycles. The molecule has 0 saturated carbocycles. The molecule has 0 N–H and O–H groups in total.